The Hall–Kier alpha value is -2.99. The van der Waals surface area contributed by atoms with Crippen molar-refractivity contribution < 1.29 is 14.3 Å². The Labute approximate surface area is 142 Å². The van der Waals surface area contributed by atoms with Crippen LogP contribution in [0, 0.1) is 0 Å². The van der Waals surface area contributed by atoms with Crippen LogP contribution < -0.4 is 5.32 Å². The number of hydrogen-bond donors (Lipinski definition) is 1. The van der Waals surface area contributed by atoms with Gasteiger partial charge in [-0.1, -0.05) is 12.1 Å². The van der Waals surface area contributed by atoms with Crippen molar-refractivity contribution in [2.45, 2.75) is 6.61 Å². The number of pyridine rings is 1. The van der Waals surface area contributed by atoms with Crippen LogP contribution in [0.2, 0.25) is 0 Å². The molecule has 2 aromatic heterocycles. The topological polar surface area (TPSA) is 68.3 Å². The SMILES string of the molecule is O=C(OCc1ccccn1)c1ccc(NC(=O)c2cccs2)cc1. The highest BCUT2D eigenvalue weighted by Crippen LogP contribution is 2.15. The maximum absolute atomic E-state index is 12.0. The Balaban J connectivity index is 1.57. The minimum Gasteiger partial charge on any atom is -0.456 e. The fourth-order valence-electron chi connectivity index (χ4n) is 2.00. The van der Waals surface area contributed by atoms with Crippen LogP contribution in [0.5, 0.6) is 0 Å². The zero-order valence-corrected chi connectivity index (χ0v) is 13.5. The number of hydrogen-bond acceptors (Lipinski definition) is 5. The van der Waals surface area contributed by atoms with Gasteiger partial charge in [0.2, 0.25) is 0 Å². The van der Waals surface area contributed by atoms with Gasteiger partial charge in [-0.2, -0.15) is 0 Å². The summed E-state index contributed by atoms with van der Waals surface area (Å²) in [5.74, 6) is -0.604. The number of esters is 1. The van der Waals surface area contributed by atoms with Crippen molar-refractivity contribution in [1.29, 1.82) is 0 Å². The van der Waals surface area contributed by atoms with Crippen molar-refractivity contribution in [2.75, 3.05) is 5.32 Å². The maximum atomic E-state index is 12.0. The molecule has 0 spiro atoms. The van der Waals surface area contributed by atoms with Crippen LogP contribution in [-0.2, 0) is 11.3 Å². The lowest BCUT2D eigenvalue weighted by atomic mass is 10.2. The number of thiophene rings is 1. The van der Waals surface area contributed by atoms with E-state index in [1.165, 1.54) is 11.3 Å². The first kappa shape index (κ1) is 15.9. The van der Waals surface area contributed by atoms with Gasteiger partial charge in [0.25, 0.3) is 5.91 Å². The monoisotopic (exact) mass is 338 g/mol. The third-order valence-corrected chi connectivity index (χ3v) is 4.07. The third kappa shape index (κ3) is 4.05. The highest BCUT2D eigenvalue weighted by molar-refractivity contribution is 7.12. The number of nitrogens with one attached hydrogen (secondary N) is 1. The number of ether oxygens (including phenoxy) is 1. The Morgan fingerprint density at radius 3 is 2.54 bits per heavy atom. The number of amides is 1. The van der Waals surface area contributed by atoms with Crippen molar-refractivity contribution in [3.63, 3.8) is 0 Å². The second-order valence-electron chi connectivity index (χ2n) is 4.91. The van der Waals surface area contributed by atoms with Crippen molar-refractivity contribution in [3.05, 3.63) is 82.3 Å². The van der Waals surface area contributed by atoms with Gasteiger partial charge in [-0.15, -0.1) is 11.3 Å². The van der Waals surface area contributed by atoms with E-state index in [1.807, 2.05) is 17.5 Å². The van der Waals surface area contributed by atoms with Gasteiger partial charge in [0.05, 0.1) is 16.1 Å². The van der Waals surface area contributed by atoms with Gasteiger partial charge in [0, 0.05) is 11.9 Å². The Kier molecular flexibility index (Phi) is 4.98. The number of nitrogens with zero attached hydrogens (tertiary/aromatic N) is 1. The molecule has 2 heterocycles. The van der Waals surface area contributed by atoms with Crippen LogP contribution in [0.4, 0.5) is 5.69 Å². The summed E-state index contributed by atoms with van der Waals surface area (Å²) in [7, 11) is 0. The summed E-state index contributed by atoms with van der Waals surface area (Å²) < 4.78 is 5.21. The van der Waals surface area contributed by atoms with Gasteiger partial charge >= 0.3 is 5.97 Å². The summed E-state index contributed by atoms with van der Waals surface area (Å²) in [5, 5.41) is 4.62. The second kappa shape index (κ2) is 7.52. The molecule has 0 saturated heterocycles. The number of aromatic nitrogens is 1. The van der Waals surface area contributed by atoms with Gasteiger partial charge < -0.3 is 10.1 Å². The van der Waals surface area contributed by atoms with Crippen LogP contribution in [0.25, 0.3) is 0 Å². The standard InChI is InChI=1S/C18H14N2O3S/c21-17(16-5-3-11-24-16)20-14-8-6-13(7-9-14)18(22)23-12-15-4-1-2-10-19-15/h1-11H,12H2,(H,20,21). The van der Waals surface area contributed by atoms with E-state index >= 15 is 0 Å². The Morgan fingerprint density at radius 2 is 1.88 bits per heavy atom. The predicted octanol–water partition coefficient (Wildman–Crippen LogP) is 3.75. The second-order valence-corrected chi connectivity index (χ2v) is 5.85. The molecule has 0 aliphatic rings. The number of carbonyl (C=O) groups excluding carboxylic acids is 2. The van der Waals surface area contributed by atoms with Gasteiger partial charge in [-0.05, 0) is 47.8 Å². The molecule has 3 aromatic rings. The molecule has 24 heavy (non-hydrogen) atoms. The summed E-state index contributed by atoms with van der Waals surface area (Å²) in [6, 6.07) is 15.6. The quantitative estimate of drug-likeness (QED) is 0.719. The normalized spacial score (nSPS) is 10.2. The molecule has 6 heteroatoms. The zero-order valence-electron chi connectivity index (χ0n) is 12.6. The minimum atomic E-state index is -0.434. The van der Waals surface area contributed by atoms with E-state index < -0.39 is 5.97 Å². The molecule has 5 nitrogen and oxygen atoms in total. The summed E-state index contributed by atoms with van der Waals surface area (Å²) in [6.45, 7) is 0.122. The average Bonchev–Trinajstić information content (AvgIpc) is 3.16. The van der Waals surface area contributed by atoms with E-state index in [2.05, 4.69) is 10.3 Å². The number of anilines is 1. The van der Waals surface area contributed by atoms with Crippen LogP contribution in [0.15, 0.2) is 66.2 Å². The largest absolute Gasteiger partial charge is 0.456 e. The molecule has 120 valence electrons. The van der Waals surface area contributed by atoms with Crippen LogP contribution in [-0.4, -0.2) is 16.9 Å². The highest BCUT2D eigenvalue weighted by Gasteiger charge is 2.10. The Bertz CT molecular complexity index is 815. The number of carbonyl (C=O) groups is 2. The van der Waals surface area contributed by atoms with Crippen molar-refractivity contribution >= 4 is 28.9 Å². The lowest BCUT2D eigenvalue weighted by molar-refractivity contribution is 0.0467. The van der Waals surface area contributed by atoms with Gasteiger partial charge in [-0.25, -0.2) is 4.79 Å². The van der Waals surface area contributed by atoms with E-state index in [-0.39, 0.29) is 12.5 Å². The average molecular weight is 338 g/mol. The summed E-state index contributed by atoms with van der Waals surface area (Å²) in [6.07, 6.45) is 1.65. The Morgan fingerprint density at radius 1 is 1.04 bits per heavy atom. The van der Waals surface area contributed by atoms with E-state index in [0.29, 0.717) is 21.8 Å². The zero-order chi connectivity index (χ0) is 16.8. The summed E-state index contributed by atoms with van der Waals surface area (Å²) >= 11 is 1.37. The van der Waals surface area contributed by atoms with Crippen molar-refractivity contribution in [2.24, 2.45) is 0 Å². The van der Waals surface area contributed by atoms with E-state index in [0.717, 1.165) is 0 Å². The molecule has 1 aromatic carbocycles. The van der Waals surface area contributed by atoms with E-state index in [1.54, 1.807) is 48.7 Å². The molecular weight excluding hydrogens is 324 g/mol. The van der Waals surface area contributed by atoms with Gasteiger partial charge in [-0.3, -0.25) is 9.78 Å². The van der Waals surface area contributed by atoms with Crippen LogP contribution >= 0.6 is 11.3 Å². The summed E-state index contributed by atoms with van der Waals surface area (Å²) in [5.41, 5.74) is 1.72. The van der Waals surface area contributed by atoms with Crippen LogP contribution in [0.3, 0.4) is 0 Å². The molecule has 3 rings (SSSR count). The minimum absolute atomic E-state index is 0.122. The van der Waals surface area contributed by atoms with Crippen molar-refractivity contribution in [3.8, 4) is 0 Å². The smallest absolute Gasteiger partial charge is 0.338 e. The van der Waals surface area contributed by atoms with E-state index in [9.17, 15) is 9.59 Å². The molecule has 1 amide bonds. The summed E-state index contributed by atoms with van der Waals surface area (Å²) in [4.78, 5) is 28.7. The molecule has 0 bridgehead atoms. The molecule has 0 atom stereocenters. The van der Waals surface area contributed by atoms with E-state index in [4.69, 9.17) is 4.74 Å². The first-order valence-corrected chi connectivity index (χ1v) is 8.12. The van der Waals surface area contributed by atoms with Crippen LogP contribution in [0.1, 0.15) is 25.7 Å². The highest BCUT2D eigenvalue weighted by atomic mass is 32.1. The molecule has 0 unspecified atom stereocenters. The third-order valence-electron chi connectivity index (χ3n) is 3.20. The van der Waals surface area contributed by atoms with Gasteiger partial charge in [0.15, 0.2) is 0 Å². The molecule has 0 saturated carbocycles. The fourth-order valence-corrected chi connectivity index (χ4v) is 2.62. The molecule has 0 radical (unpaired) electrons. The molecular formula is C18H14N2O3S. The first-order valence-electron chi connectivity index (χ1n) is 7.24. The molecule has 0 aliphatic carbocycles. The predicted molar refractivity (Wildman–Crippen MR) is 92.1 cm³/mol. The van der Waals surface area contributed by atoms with Gasteiger partial charge in [0.1, 0.15) is 6.61 Å². The first-order chi connectivity index (χ1) is 11.7. The van der Waals surface area contributed by atoms with Crippen molar-refractivity contribution in [1.82, 2.24) is 4.98 Å². The lowest BCUT2D eigenvalue weighted by Crippen LogP contribution is -2.10. The number of rotatable bonds is 5. The fraction of sp³-hybridized carbons (Fsp3) is 0.0556. The maximum Gasteiger partial charge on any atom is 0.338 e. The molecule has 0 fully saturated rings. The molecule has 0 aliphatic heterocycles. The molecule has 1 N–H and O–H groups in total. The number of benzene rings is 1. The lowest BCUT2D eigenvalue weighted by Gasteiger charge is -2.06.